The fraction of sp³-hybridized carbons (Fsp3) is 0.714. The van der Waals surface area contributed by atoms with E-state index >= 15 is 0 Å². The molecular formula is C7H13N4. The van der Waals surface area contributed by atoms with Gasteiger partial charge in [0.1, 0.15) is 0 Å². The molecule has 1 radical (unpaired) electrons. The minimum Gasteiger partial charge on any atom is -0.302 e. The van der Waals surface area contributed by atoms with E-state index in [9.17, 15) is 0 Å². The monoisotopic (exact) mass is 153 g/mol. The summed E-state index contributed by atoms with van der Waals surface area (Å²) >= 11 is 0. The van der Waals surface area contributed by atoms with Crippen LogP contribution >= 0.6 is 0 Å². The van der Waals surface area contributed by atoms with Crippen molar-refractivity contribution in [3.63, 3.8) is 0 Å². The Balaban J connectivity index is 2.34. The van der Waals surface area contributed by atoms with Crippen molar-refractivity contribution < 1.29 is 0 Å². The molecule has 4 nitrogen and oxygen atoms in total. The summed E-state index contributed by atoms with van der Waals surface area (Å²) in [5.41, 5.74) is 0. The van der Waals surface area contributed by atoms with Crippen LogP contribution in [0.25, 0.3) is 0 Å². The smallest absolute Gasteiger partial charge is 0.167 e. The molecule has 0 spiro atoms. The van der Waals surface area contributed by atoms with Crippen LogP contribution in [0.4, 0.5) is 0 Å². The lowest BCUT2D eigenvalue weighted by atomic mass is 10.4. The first-order valence-corrected chi connectivity index (χ1v) is 3.72. The van der Waals surface area contributed by atoms with Gasteiger partial charge in [0, 0.05) is 6.42 Å². The minimum absolute atomic E-state index is 0.771. The maximum absolute atomic E-state index is 4.20. The predicted molar refractivity (Wildman–Crippen MR) is 45.8 cm³/mol. The lowest BCUT2D eigenvalue weighted by Crippen LogP contribution is -2.28. The number of likely N-dealkylation sites (N-methyl/N-ethyl adjacent to an activating group) is 1. The largest absolute Gasteiger partial charge is 0.302 e. The topological polar surface area (TPSA) is 42.1 Å². The van der Waals surface area contributed by atoms with E-state index in [1.807, 2.05) is 25.9 Å². The van der Waals surface area contributed by atoms with E-state index in [-0.39, 0.29) is 0 Å². The molecule has 61 valence electrons. The third kappa shape index (κ3) is 2.31. The Morgan fingerprint density at radius 3 is 2.27 bits per heavy atom. The highest BCUT2D eigenvalue weighted by atomic mass is 15.4. The molecule has 0 atom stereocenters. The van der Waals surface area contributed by atoms with Crippen molar-refractivity contribution in [1.82, 2.24) is 10.2 Å². The van der Waals surface area contributed by atoms with Crippen molar-refractivity contribution in [2.75, 3.05) is 20.6 Å². The highest BCUT2D eigenvalue weighted by Crippen LogP contribution is 1.96. The van der Waals surface area contributed by atoms with Gasteiger partial charge in [-0.3, -0.25) is 0 Å². The highest BCUT2D eigenvalue weighted by Gasteiger charge is 2.11. The molecule has 0 aromatic rings. The van der Waals surface area contributed by atoms with Crippen LogP contribution in [-0.4, -0.2) is 37.2 Å². The van der Waals surface area contributed by atoms with Crippen LogP contribution in [-0.2, 0) is 0 Å². The SMILES string of the molecule is CCC1=NN=C(CN(C)C)[N]1. The van der Waals surface area contributed by atoms with E-state index in [1.165, 1.54) is 0 Å². The molecule has 1 heterocycles. The number of rotatable bonds is 3. The van der Waals surface area contributed by atoms with Crippen molar-refractivity contribution >= 4 is 11.7 Å². The Morgan fingerprint density at radius 2 is 1.82 bits per heavy atom. The highest BCUT2D eigenvalue weighted by molar-refractivity contribution is 6.04. The lowest BCUT2D eigenvalue weighted by Gasteiger charge is -2.07. The number of hydrogen-bond acceptors (Lipinski definition) is 3. The van der Waals surface area contributed by atoms with Gasteiger partial charge in [0.15, 0.2) is 11.7 Å². The lowest BCUT2D eigenvalue weighted by molar-refractivity contribution is 0.467. The number of nitrogens with zero attached hydrogens (tertiary/aromatic N) is 4. The van der Waals surface area contributed by atoms with Gasteiger partial charge >= 0.3 is 0 Å². The van der Waals surface area contributed by atoms with Gasteiger partial charge in [0.2, 0.25) is 0 Å². The van der Waals surface area contributed by atoms with E-state index in [1.54, 1.807) is 0 Å². The van der Waals surface area contributed by atoms with Crippen LogP contribution in [0.15, 0.2) is 10.2 Å². The van der Waals surface area contributed by atoms with Crippen LogP contribution in [0.5, 0.6) is 0 Å². The zero-order valence-corrected chi connectivity index (χ0v) is 7.20. The number of hydrogen-bond donors (Lipinski definition) is 0. The molecule has 0 bridgehead atoms. The Morgan fingerprint density at radius 1 is 1.18 bits per heavy atom. The molecule has 0 aliphatic carbocycles. The van der Waals surface area contributed by atoms with Crippen LogP contribution < -0.4 is 5.32 Å². The van der Waals surface area contributed by atoms with Crippen molar-refractivity contribution in [2.24, 2.45) is 10.2 Å². The second-order valence-corrected chi connectivity index (χ2v) is 2.74. The Labute approximate surface area is 67.0 Å². The van der Waals surface area contributed by atoms with E-state index in [2.05, 4.69) is 15.5 Å². The molecule has 0 aromatic heterocycles. The molecule has 0 fully saturated rings. The predicted octanol–water partition coefficient (Wildman–Crippen LogP) is 0.288. The van der Waals surface area contributed by atoms with Crippen LogP contribution in [0.1, 0.15) is 13.3 Å². The van der Waals surface area contributed by atoms with Crippen LogP contribution in [0, 0.1) is 0 Å². The molecule has 0 unspecified atom stereocenters. The molecule has 0 saturated carbocycles. The zero-order valence-electron chi connectivity index (χ0n) is 7.20. The zero-order chi connectivity index (χ0) is 8.27. The van der Waals surface area contributed by atoms with Gasteiger partial charge in [-0.1, -0.05) is 6.92 Å². The van der Waals surface area contributed by atoms with E-state index < -0.39 is 0 Å². The van der Waals surface area contributed by atoms with Gasteiger partial charge in [0.25, 0.3) is 0 Å². The average molecular weight is 153 g/mol. The summed E-state index contributed by atoms with van der Waals surface area (Å²) in [6.07, 6.45) is 0.862. The summed E-state index contributed by atoms with van der Waals surface area (Å²) in [6.45, 7) is 2.80. The summed E-state index contributed by atoms with van der Waals surface area (Å²) in [5, 5.41) is 12.0. The maximum Gasteiger partial charge on any atom is 0.167 e. The molecule has 1 aliphatic heterocycles. The molecule has 0 aromatic carbocycles. The van der Waals surface area contributed by atoms with Crippen molar-refractivity contribution in [2.45, 2.75) is 13.3 Å². The van der Waals surface area contributed by atoms with E-state index in [0.29, 0.717) is 0 Å². The molecule has 0 saturated heterocycles. The molecule has 0 N–H and O–H groups in total. The summed E-state index contributed by atoms with van der Waals surface area (Å²) in [6, 6.07) is 0. The van der Waals surface area contributed by atoms with Gasteiger partial charge in [0.05, 0.1) is 6.54 Å². The first-order chi connectivity index (χ1) is 5.22. The van der Waals surface area contributed by atoms with Gasteiger partial charge < -0.3 is 4.90 Å². The molecular weight excluding hydrogens is 140 g/mol. The Kier molecular flexibility index (Phi) is 2.59. The standard InChI is InChI=1S/C7H13N4/c1-4-6-8-7(10-9-6)5-11(2)3/h4-5H2,1-3H3. The minimum atomic E-state index is 0.771. The van der Waals surface area contributed by atoms with Crippen molar-refractivity contribution in [3.05, 3.63) is 0 Å². The van der Waals surface area contributed by atoms with E-state index in [0.717, 1.165) is 24.6 Å². The number of amidine groups is 2. The molecule has 1 rings (SSSR count). The van der Waals surface area contributed by atoms with Crippen LogP contribution in [0.3, 0.4) is 0 Å². The third-order valence-corrected chi connectivity index (χ3v) is 1.31. The van der Waals surface area contributed by atoms with Crippen molar-refractivity contribution in [3.8, 4) is 0 Å². The maximum atomic E-state index is 4.20. The summed E-state index contributed by atoms with van der Waals surface area (Å²) in [5.74, 6) is 1.65. The second kappa shape index (κ2) is 3.48. The van der Waals surface area contributed by atoms with Crippen molar-refractivity contribution in [1.29, 1.82) is 0 Å². The summed E-state index contributed by atoms with van der Waals surface area (Å²) in [7, 11) is 3.98. The Hall–Kier alpha value is -0.900. The third-order valence-electron chi connectivity index (χ3n) is 1.31. The summed E-state index contributed by atoms with van der Waals surface area (Å²) < 4.78 is 0. The fourth-order valence-electron chi connectivity index (χ4n) is 0.809. The van der Waals surface area contributed by atoms with E-state index in [4.69, 9.17) is 0 Å². The first-order valence-electron chi connectivity index (χ1n) is 3.72. The quantitative estimate of drug-likeness (QED) is 0.574. The van der Waals surface area contributed by atoms with Gasteiger partial charge in [-0.05, 0) is 14.1 Å². The van der Waals surface area contributed by atoms with Gasteiger partial charge in [-0.25, -0.2) is 5.32 Å². The second-order valence-electron chi connectivity index (χ2n) is 2.74. The summed E-state index contributed by atoms with van der Waals surface area (Å²) in [4.78, 5) is 2.02. The Bertz CT molecular complexity index is 193. The first kappa shape index (κ1) is 8.20. The normalized spacial score (nSPS) is 16.4. The average Bonchev–Trinajstić information content (AvgIpc) is 2.34. The fourth-order valence-corrected chi connectivity index (χ4v) is 0.809. The molecule has 1 aliphatic rings. The van der Waals surface area contributed by atoms with Gasteiger partial charge in [-0.15, -0.1) is 10.2 Å². The van der Waals surface area contributed by atoms with Gasteiger partial charge in [-0.2, -0.15) is 0 Å². The molecule has 11 heavy (non-hydrogen) atoms. The van der Waals surface area contributed by atoms with Crippen LogP contribution in [0.2, 0.25) is 0 Å². The molecule has 0 amide bonds. The molecule has 4 heteroatoms.